The molecule has 0 radical (unpaired) electrons. The standard InChI is InChI=1S/C10H9ClF2/c11-6-2-1-3-8-4-5-9(12)10(13)7-8/h1,3-5,7H,2,6H2. The molecule has 0 unspecified atom stereocenters. The molecule has 0 saturated heterocycles. The average molecular weight is 203 g/mol. The number of alkyl halides is 1. The van der Waals surface area contributed by atoms with E-state index in [1.54, 1.807) is 6.08 Å². The third-order valence-corrected chi connectivity index (χ3v) is 1.75. The number of halogens is 3. The van der Waals surface area contributed by atoms with Crippen LogP contribution in [0.25, 0.3) is 6.08 Å². The Morgan fingerprint density at radius 3 is 2.62 bits per heavy atom. The van der Waals surface area contributed by atoms with Crippen LogP contribution in [-0.2, 0) is 0 Å². The summed E-state index contributed by atoms with van der Waals surface area (Å²) in [5.41, 5.74) is 0.643. The lowest BCUT2D eigenvalue weighted by Crippen LogP contribution is -1.83. The predicted octanol–water partition coefficient (Wildman–Crippen LogP) is 3.61. The molecule has 0 amide bonds. The monoisotopic (exact) mass is 202 g/mol. The van der Waals surface area contributed by atoms with Crippen LogP contribution in [-0.4, -0.2) is 5.88 Å². The van der Waals surface area contributed by atoms with Gasteiger partial charge in [-0.2, -0.15) is 0 Å². The van der Waals surface area contributed by atoms with Gasteiger partial charge in [0.05, 0.1) is 0 Å². The number of rotatable bonds is 3. The Morgan fingerprint density at radius 2 is 2.00 bits per heavy atom. The van der Waals surface area contributed by atoms with Crippen molar-refractivity contribution in [2.45, 2.75) is 6.42 Å². The zero-order chi connectivity index (χ0) is 9.68. The minimum Gasteiger partial charge on any atom is -0.204 e. The van der Waals surface area contributed by atoms with Crippen LogP contribution >= 0.6 is 11.6 Å². The molecule has 0 aliphatic rings. The number of benzene rings is 1. The van der Waals surface area contributed by atoms with E-state index in [-0.39, 0.29) is 0 Å². The van der Waals surface area contributed by atoms with Crippen molar-refractivity contribution in [2.75, 3.05) is 5.88 Å². The summed E-state index contributed by atoms with van der Waals surface area (Å²) in [6.07, 6.45) is 4.26. The minimum absolute atomic E-state index is 0.528. The van der Waals surface area contributed by atoms with Crippen molar-refractivity contribution >= 4 is 17.7 Å². The van der Waals surface area contributed by atoms with Crippen LogP contribution in [0.15, 0.2) is 24.3 Å². The van der Waals surface area contributed by atoms with Gasteiger partial charge in [0.25, 0.3) is 0 Å². The van der Waals surface area contributed by atoms with Crippen molar-refractivity contribution in [2.24, 2.45) is 0 Å². The van der Waals surface area contributed by atoms with Crippen molar-refractivity contribution in [3.63, 3.8) is 0 Å². The summed E-state index contributed by atoms with van der Waals surface area (Å²) in [6, 6.07) is 3.78. The van der Waals surface area contributed by atoms with Crippen LogP contribution < -0.4 is 0 Å². The highest BCUT2D eigenvalue weighted by atomic mass is 35.5. The van der Waals surface area contributed by atoms with Gasteiger partial charge < -0.3 is 0 Å². The van der Waals surface area contributed by atoms with Crippen molar-refractivity contribution in [1.82, 2.24) is 0 Å². The lowest BCUT2D eigenvalue weighted by molar-refractivity contribution is 0.508. The second-order valence-electron chi connectivity index (χ2n) is 2.55. The Morgan fingerprint density at radius 1 is 1.23 bits per heavy atom. The largest absolute Gasteiger partial charge is 0.204 e. The molecular formula is C10H9ClF2. The molecule has 1 aromatic rings. The zero-order valence-corrected chi connectivity index (χ0v) is 7.69. The van der Waals surface area contributed by atoms with Gasteiger partial charge in [0, 0.05) is 5.88 Å². The minimum atomic E-state index is -0.826. The summed E-state index contributed by atoms with van der Waals surface area (Å²) in [7, 11) is 0. The first-order valence-corrected chi connectivity index (χ1v) is 4.45. The van der Waals surface area contributed by atoms with Crippen molar-refractivity contribution < 1.29 is 8.78 Å². The van der Waals surface area contributed by atoms with Crippen LogP contribution in [0.2, 0.25) is 0 Å². The van der Waals surface area contributed by atoms with Crippen LogP contribution in [0.1, 0.15) is 12.0 Å². The summed E-state index contributed by atoms with van der Waals surface area (Å²) in [4.78, 5) is 0. The quantitative estimate of drug-likeness (QED) is 0.657. The summed E-state index contributed by atoms with van der Waals surface area (Å²) >= 11 is 5.44. The van der Waals surface area contributed by atoms with Crippen molar-refractivity contribution in [3.8, 4) is 0 Å². The topological polar surface area (TPSA) is 0 Å². The first-order valence-electron chi connectivity index (χ1n) is 3.91. The highest BCUT2D eigenvalue weighted by Crippen LogP contribution is 2.10. The molecule has 0 aliphatic carbocycles. The fraction of sp³-hybridized carbons (Fsp3) is 0.200. The maximum atomic E-state index is 12.7. The van der Waals surface area contributed by atoms with Gasteiger partial charge in [0.2, 0.25) is 0 Å². The van der Waals surface area contributed by atoms with Gasteiger partial charge in [-0.3, -0.25) is 0 Å². The molecule has 0 heterocycles. The number of allylic oxidation sites excluding steroid dienone is 1. The molecule has 0 N–H and O–H groups in total. The summed E-state index contributed by atoms with van der Waals surface area (Å²) < 4.78 is 25.1. The fourth-order valence-electron chi connectivity index (χ4n) is 0.898. The Kier molecular flexibility index (Phi) is 3.90. The third-order valence-electron chi connectivity index (χ3n) is 1.53. The lowest BCUT2D eigenvalue weighted by atomic mass is 10.2. The maximum Gasteiger partial charge on any atom is 0.159 e. The second-order valence-corrected chi connectivity index (χ2v) is 2.93. The lowest BCUT2D eigenvalue weighted by Gasteiger charge is -1.94. The van der Waals surface area contributed by atoms with E-state index in [1.165, 1.54) is 6.07 Å². The van der Waals surface area contributed by atoms with E-state index in [0.717, 1.165) is 18.6 Å². The Hall–Kier alpha value is -0.890. The summed E-state index contributed by atoms with van der Waals surface area (Å²) in [5, 5.41) is 0. The molecule has 0 bridgehead atoms. The highest BCUT2D eigenvalue weighted by molar-refractivity contribution is 6.17. The van der Waals surface area contributed by atoms with Gasteiger partial charge in [-0.05, 0) is 24.1 Å². The van der Waals surface area contributed by atoms with Gasteiger partial charge in [-0.25, -0.2) is 8.78 Å². The molecule has 13 heavy (non-hydrogen) atoms. The number of hydrogen-bond acceptors (Lipinski definition) is 0. The fourth-order valence-corrected chi connectivity index (χ4v) is 1.02. The Labute approximate surface area is 80.8 Å². The SMILES string of the molecule is Fc1ccc(C=CCCCl)cc1F. The van der Waals surface area contributed by atoms with Gasteiger partial charge in [-0.1, -0.05) is 18.2 Å². The summed E-state index contributed by atoms with van der Waals surface area (Å²) in [6.45, 7) is 0. The van der Waals surface area contributed by atoms with E-state index in [1.807, 2.05) is 6.08 Å². The van der Waals surface area contributed by atoms with E-state index < -0.39 is 11.6 Å². The molecule has 0 saturated carbocycles. The van der Waals surface area contributed by atoms with Gasteiger partial charge in [-0.15, -0.1) is 11.6 Å². The molecular weight excluding hydrogens is 194 g/mol. The maximum absolute atomic E-state index is 12.7. The predicted molar refractivity (Wildman–Crippen MR) is 50.7 cm³/mol. The van der Waals surface area contributed by atoms with Gasteiger partial charge in [0.1, 0.15) is 0 Å². The number of hydrogen-bond donors (Lipinski definition) is 0. The highest BCUT2D eigenvalue weighted by Gasteiger charge is 1.99. The van der Waals surface area contributed by atoms with Crippen molar-refractivity contribution in [1.29, 1.82) is 0 Å². The molecule has 0 aliphatic heterocycles. The van der Waals surface area contributed by atoms with Crippen molar-refractivity contribution in [3.05, 3.63) is 41.5 Å². The zero-order valence-electron chi connectivity index (χ0n) is 6.93. The molecule has 1 rings (SSSR count). The van der Waals surface area contributed by atoms with Crippen LogP contribution in [0, 0.1) is 11.6 Å². The average Bonchev–Trinajstić information content (AvgIpc) is 2.12. The molecule has 0 atom stereocenters. The Bertz CT molecular complexity index is 308. The normalized spacial score (nSPS) is 11.0. The van der Waals surface area contributed by atoms with E-state index in [2.05, 4.69) is 0 Å². The first kappa shape index (κ1) is 10.2. The molecule has 70 valence electrons. The van der Waals surface area contributed by atoms with Crippen LogP contribution in [0.3, 0.4) is 0 Å². The van der Waals surface area contributed by atoms with Gasteiger partial charge >= 0.3 is 0 Å². The third kappa shape index (κ3) is 3.15. The van der Waals surface area contributed by atoms with E-state index in [9.17, 15) is 8.78 Å². The molecule has 0 aromatic heterocycles. The second kappa shape index (κ2) is 4.97. The van der Waals surface area contributed by atoms with Gasteiger partial charge in [0.15, 0.2) is 11.6 Å². The van der Waals surface area contributed by atoms with Crippen LogP contribution in [0.5, 0.6) is 0 Å². The van der Waals surface area contributed by atoms with E-state index in [4.69, 9.17) is 11.6 Å². The summed E-state index contributed by atoms with van der Waals surface area (Å²) in [5.74, 6) is -1.12. The molecule has 3 heteroatoms. The van der Waals surface area contributed by atoms with E-state index in [0.29, 0.717) is 11.4 Å². The Balaban J connectivity index is 2.73. The van der Waals surface area contributed by atoms with Crippen LogP contribution in [0.4, 0.5) is 8.78 Å². The molecule has 1 aromatic carbocycles. The molecule has 0 nitrogen and oxygen atoms in total. The van der Waals surface area contributed by atoms with E-state index >= 15 is 0 Å². The molecule has 0 fully saturated rings. The smallest absolute Gasteiger partial charge is 0.159 e. The first-order chi connectivity index (χ1) is 6.24. The molecule has 0 spiro atoms.